The number of ether oxygens (including phenoxy) is 1. The first-order chi connectivity index (χ1) is 18.0. The second-order valence-electron chi connectivity index (χ2n) is 11.1. The molecule has 0 bridgehead atoms. The molecule has 2 aliphatic rings. The fourth-order valence-corrected chi connectivity index (χ4v) is 5.85. The number of rotatable bonds is 5. The summed E-state index contributed by atoms with van der Waals surface area (Å²) in [4.78, 5) is 4.14. The molecule has 2 aromatic carbocycles. The molecule has 5 nitrogen and oxygen atoms in total. The third-order valence-electron chi connectivity index (χ3n) is 7.59. The number of nitrogens with zero attached hydrogens (tertiary/aromatic N) is 2. The van der Waals surface area contributed by atoms with E-state index >= 15 is 4.39 Å². The van der Waals surface area contributed by atoms with Crippen LogP contribution >= 0.6 is 0 Å². The van der Waals surface area contributed by atoms with E-state index in [1.165, 1.54) is 17.0 Å². The van der Waals surface area contributed by atoms with Gasteiger partial charge < -0.3 is 19.7 Å². The summed E-state index contributed by atoms with van der Waals surface area (Å²) in [5, 5.41) is 13.2. The van der Waals surface area contributed by atoms with Crippen LogP contribution in [0, 0.1) is 0 Å². The van der Waals surface area contributed by atoms with E-state index in [1.54, 1.807) is 13.8 Å². The van der Waals surface area contributed by atoms with E-state index < -0.39 is 40.8 Å². The standard InChI is InChI=1S/C27H28F7N3O2/c1-15-9-25(28,16-3-5-17(6-4-16)26(29,30)31)10-18(36-15)13-39-20-7-21(27(32,33)34)23-22(8-20)35-14-37(23)19-11-24(2,38)12-19/h3-8,14-15,18-19,36,38H,9-13H2,1-2H3/t15-,18-,19?,24?,25-/m0/s1. The Bertz CT molecular complexity index is 1340. The molecule has 0 spiro atoms. The Morgan fingerprint density at radius 2 is 1.69 bits per heavy atom. The van der Waals surface area contributed by atoms with E-state index in [-0.39, 0.29) is 53.9 Å². The van der Waals surface area contributed by atoms with Crippen molar-refractivity contribution in [1.82, 2.24) is 14.9 Å². The SMILES string of the molecule is C[C@H]1C[C@@](F)(c2ccc(C(F)(F)F)cc2)C[C@@H](COc2cc(C(F)(F)F)c3c(c2)ncn3C2CC(C)(O)C2)N1. The van der Waals surface area contributed by atoms with Gasteiger partial charge in [0.25, 0.3) is 0 Å². The van der Waals surface area contributed by atoms with Crippen LogP contribution in [-0.2, 0) is 18.0 Å². The monoisotopic (exact) mass is 559 g/mol. The maximum absolute atomic E-state index is 16.0. The first-order valence-corrected chi connectivity index (χ1v) is 12.6. The maximum Gasteiger partial charge on any atom is 0.418 e. The lowest BCUT2D eigenvalue weighted by molar-refractivity contribution is -0.138. The van der Waals surface area contributed by atoms with Gasteiger partial charge in [0.15, 0.2) is 0 Å². The van der Waals surface area contributed by atoms with Crippen LogP contribution in [0.1, 0.15) is 62.3 Å². The molecule has 1 aliphatic heterocycles. The quantitative estimate of drug-likeness (QED) is 0.349. The van der Waals surface area contributed by atoms with Crippen LogP contribution in [0.5, 0.6) is 5.75 Å². The lowest BCUT2D eigenvalue weighted by atomic mass is 9.77. The van der Waals surface area contributed by atoms with Crippen LogP contribution < -0.4 is 10.1 Å². The number of aromatic nitrogens is 2. The molecule has 39 heavy (non-hydrogen) atoms. The Labute approximate surface area is 220 Å². The molecule has 2 N–H and O–H groups in total. The number of fused-ring (bicyclic) bond motifs is 1. The first kappa shape index (κ1) is 27.7. The number of aliphatic hydroxyl groups is 1. The van der Waals surface area contributed by atoms with Crippen LogP contribution in [0.2, 0.25) is 0 Å². The van der Waals surface area contributed by atoms with Crippen molar-refractivity contribution < 1.29 is 40.6 Å². The van der Waals surface area contributed by atoms with Gasteiger partial charge in [-0.3, -0.25) is 0 Å². The highest BCUT2D eigenvalue weighted by atomic mass is 19.4. The van der Waals surface area contributed by atoms with Crippen LogP contribution in [0.3, 0.4) is 0 Å². The van der Waals surface area contributed by atoms with Crippen molar-refractivity contribution in [3.05, 3.63) is 59.4 Å². The summed E-state index contributed by atoms with van der Waals surface area (Å²) in [6.07, 6.45) is -7.40. The Morgan fingerprint density at radius 1 is 1.03 bits per heavy atom. The Kier molecular flexibility index (Phi) is 6.65. The Hall–Kier alpha value is -2.86. The zero-order chi connectivity index (χ0) is 28.4. The lowest BCUT2D eigenvalue weighted by Gasteiger charge is -2.41. The van der Waals surface area contributed by atoms with Crippen molar-refractivity contribution in [2.75, 3.05) is 6.61 Å². The molecular formula is C27H28F7N3O2. The largest absolute Gasteiger partial charge is 0.492 e. The number of hydrogen-bond acceptors (Lipinski definition) is 4. The summed E-state index contributed by atoms with van der Waals surface area (Å²) < 4.78 is 104. The van der Waals surface area contributed by atoms with Gasteiger partial charge in [-0.05, 0) is 50.5 Å². The molecule has 0 radical (unpaired) electrons. The number of nitrogens with one attached hydrogen (secondary N) is 1. The van der Waals surface area contributed by atoms with Crippen molar-refractivity contribution in [1.29, 1.82) is 0 Å². The van der Waals surface area contributed by atoms with Crippen molar-refractivity contribution in [2.24, 2.45) is 0 Å². The predicted molar refractivity (Wildman–Crippen MR) is 129 cm³/mol. The smallest absolute Gasteiger partial charge is 0.418 e. The molecule has 1 aromatic heterocycles. The van der Waals surface area contributed by atoms with Gasteiger partial charge in [-0.2, -0.15) is 26.3 Å². The summed E-state index contributed by atoms with van der Waals surface area (Å²) in [6.45, 7) is 3.19. The number of imidazole rings is 1. The maximum atomic E-state index is 16.0. The summed E-state index contributed by atoms with van der Waals surface area (Å²) in [7, 11) is 0. The number of alkyl halides is 7. The highest BCUT2D eigenvalue weighted by Gasteiger charge is 2.43. The molecule has 12 heteroatoms. The Morgan fingerprint density at radius 3 is 2.28 bits per heavy atom. The molecule has 1 saturated carbocycles. The number of hydrogen-bond donors (Lipinski definition) is 2. The third kappa shape index (κ3) is 5.58. The molecule has 212 valence electrons. The van der Waals surface area contributed by atoms with E-state index in [0.717, 1.165) is 30.3 Å². The summed E-state index contributed by atoms with van der Waals surface area (Å²) >= 11 is 0. The zero-order valence-corrected chi connectivity index (χ0v) is 21.2. The van der Waals surface area contributed by atoms with Crippen molar-refractivity contribution in [3.63, 3.8) is 0 Å². The molecule has 1 aliphatic carbocycles. The number of halogens is 7. The Balaban J connectivity index is 1.35. The second-order valence-corrected chi connectivity index (χ2v) is 11.1. The van der Waals surface area contributed by atoms with E-state index in [4.69, 9.17) is 4.74 Å². The zero-order valence-electron chi connectivity index (χ0n) is 21.2. The van der Waals surface area contributed by atoms with Gasteiger partial charge in [-0.25, -0.2) is 9.37 Å². The average Bonchev–Trinajstić information content (AvgIpc) is 3.22. The average molecular weight is 560 g/mol. The predicted octanol–water partition coefficient (Wildman–Crippen LogP) is 6.54. The number of piperidine rings is 1. The van der Waals surface area contributed by atoms with Gasteiger partial charge in [0.1, 0.15) is 18.0 Å². The fraction of sp³-hybridized carbons (Fsp3) is 0.519. The van der Waals surface area contributed by atoms with Crippen molar-refractivity contribution in [3.8, 4) is 5.75 Å². The lowest BCUT2D eigenvalue weighted by Crippen LogP contribution is -2.51. The highest BCUT2D eigenvalue weighted by Crippen LogP contribution is 2.45. The topological polar surface area (TPSA) is 59.3 Å². The summed E-state index contributed by atoms with van der Waals surface area (Å²) in [5.41, 5.74) is -4.57. The van der Waals surface area contributed by atoms with Crippen LogP contribution in [0.25, 0.3) is 11.0 Å². The van der Waals surface area contributed by atoms with E-state index in [9.17, 15) is 31.4 Å². The van der Waals surface area contributed by atoms with Gasteiger partial charge in [-0.1, -0.05) is 12.1 Å². The molecular weight excluding hydrogens is 531 g/mol. The van der Waals surface area contributed by atoms with Gasteiger partial charge in [-0.15, -0.1) is 0 Å². The van der Waals surface area contributed by atoms with Gasteiger partial charge >= 0.3 is 12.4 Å². The van der Waals surface area contributed by atoms with Crippen LogP contribution in [-0.4, -0.2) is 38.9 Å². The first-order valence-electron chi connectivity index (χ1n) is 12.6. The summed E-state index contributed by atoms with van der Waals surface area (Å²) in [5.74, 6) is -0.0836. The molecule has 0 unspecified atom stereocenters. The molecule has 2 heterocycles. The van der Waals surface area contributed by atoms with E-state index in [1.807, 2.05) is 0 Å². The molecule has 2 fully saturated rings. The molecule has 0 amide bonds. The second kappa shape index (κ2) is 9.36. The molecule has 3 aromatic rings. The van der Waals surface area contributed by atoms with Gasteiger partial charge in [0, 0.05) is 37.0 Å². The van der Waals surface area contributed by atoms with Crippen LogP contribution in [0.4, 0.5) is 30.7 Å². The number of benzene rings is 2. The third-order valence-corrected chi connectivity index (χ3v) is 7.59. The van der Waals surface area contributed by atoms with Gasteiger partial charge in [0.2, 0.25) is 0 Å². The molecule has 1 saturated heterocycles. The van der Waals surface area contributed by atoms with Crippen molar-refractivity contribution in [2.45, 2.75) is 81.3 Å². The van der Waals surface area contributed by atoms with E-state index in [0.29, 0.717) is 12.8 Å². The minimum atomic E-state index is -4.70. The molecule has 3 atom stereocenters. The van der Waals surface area contributed by atoms with E-state index in [2.05, 4.69) is 10.3 Å². The van der Waals surface area contributed by atoms with Crippen molar-refractivity contribution >= 4 is 11.0 Å². The van der Waals surface area contributed by atoms with Gasteiger partial charge in [0.05, 0.1) is 34.1 Å². The minimum absolute atomic E-state index is 0.0184. The molecule has 5 rings (SSSR count). The normalized spacial score (nSPS) is 29.8. The summed E-state index contributed by atoms with van der Waals surface area (Å²) in [6, 6.07) is 4.93. The van der Waals surface area contributed by atoms with Crippen LogP contribution in [0.15, 0.2) is 42.7 Å². The highest BCUT2D eigenvalue weighted by molar-refractivity contribution is 5.82. The fourth-order valence-electron chi connectivity index (χ4n) is 5.85. The minimum Gasteiger partial charge on any atom is -0.492 e.